The van der Waals surface area contributed by atoms with Crippen molar-refractivity contribution >= 4 is 23.5 Å². The third-order valence-electron chi connectivity index (χ3n) is 2.50. The first-order chi connectivity index (χ1) is 5.47. The van der Waals surface area contributed by atoms with Crippen molar-refractivity contribution in [2.75, 3.05) is 5.08 Å². The first-order valence-corrected chi connectivity index (χ1v) is 6.45. The molecular weight excluding hydrogens is 172 g/mol. The molecule has 2 heteroatoms. The average molecular weight is 186 g/mol. The van der Waals surface area contributed by atoms with Gasteiger partial charge >= 0.3 is 0 Å². The Morgan fingerprint density at radius 2 is 2.00 bits per heavy atom. The van der Waals surface area contributed by atoms with Crippen LogP contribution in [0, 0.1) is 5.92 Å². The number of allylic oxidation sites excluding steroid dienone is 1. The Kier molecular flexibility index (Phi) is 2.86. The highest BCUT2D eigenvalue weighted by Crippen LogP contribution is 2.42. The lowest BCUT2D eigenvalue weighted by atomic mass is 9.89. The molecule has 1 heterocycles. The van der Waals surface area contributed by atoms with Gasteiger partial charge in [-0.3, -0.25) is 0 Å². The van der Waals surface area contributed by atoms with E-state index in [0.717, 1.165) is 5.92 Å². The summed E-state index contributed by atoms with van der Waals surface area (Å²) >= 11 is 4.05. The van der Waals surface area contributed by atoms with Gasteiger partial charge in [0.2, 0.25) is 0 Å². The van der Waals surface area contributed by atoms with Crippen LogP contribution in [0.4, 0.5) is 0 Å². The zero-order valence-corrected chi connectivity index (χ0v) is 8.35. The summed E-state index contributed by atoms with van der Waals surface area (Å²) in [6.45, 7) is 0. The van der Waals surface area contributed by atoms with E-state index in [4.69, 9.17) is 0 Å². The molecule has 0 atom stereocenters. The van der Waals surface area contributed by atoms with Crippen molar-refractivity contribution in [1.82, 2.24) is 0 Å². The minimum atomic E-state index is 0.948. The van der Waals surface area contributed by atoms with Crippen LogP contribution in [0.1, 0.15) is 32.1 Å². The van der Waals surface area contributed by atoms with E-state index in [1.165, 1.54) is 37.2 Å². The Balaban J connectivity index is 1.92. The van der Waals surface area contributed by atoms with E-state index in [0.29, 0.717) is 0 Å². The van der Waals surface area contributed by atoms with Gasteiger partial charge in [0.1, 0.15) is 0 Å². The van der Waals surface area contributed by atoms with Crippen LogP contribution in [-0.4, -0.2) is 5.08 Å². The molecule has 1 aliphatic heterocycles. The molecule has 11 heavy (non-hydrogen) atoms. The maximum absolute atomic E-state index is 2.39. The van der Waals surface area contributed by atoms with Crippen LogP contribution in [0.2, 0.25) is 0 Å². The van der Waals surface area contributed by atoms with E-state index in [-0.39, 0.29) is 0 Å². The van der Waals surface area contributed by atoms with Crippen molar-refractivity contribution < 1.29 is 0 Å². The summed E-state index contributed by atoms with van der Waals surface area (Å²) in [5.74, 6) is 0.948. The van der Waals surface area contributed by atoms with Crippen molar-refractivity contribution in [1.29, 1.82) is 0 Å². The summed E-state index contributed by atoms with van der Waals surface area (Å²) in [5.41, 5.74) is 0. The molecule has 1 aliphatic carbocycles. The number of rotatable bonds is 1. The second kappa shape index (κ2) is 3.90. The van der Waals surface area contributed by atoms with Crippen molar-refractivity contribution in [2.24, 2.45) is 5.92 Å². The second-order valence-corrected chi connectivity index (χ2v) is 5.56. The molecule has 0 radical (unpaired) electrons. The van der Waals surface area contributed by atoms with Crippen LogP contribution >= 0.6 is 23.5 Å². The van der Waals surface area contributed by atoms with Crippen molar-refractivity contribution in [2.45, 2.75) is 32.1 Å². The van der Waals surface area contributed by atoms with Crippen LogP contribution in [0.5, 0.6) is 0 Å². The lowest BCUT2D eigenvalue weighted by molar-refractivity contribution is 0.415. The van der Waals surface area contributed by atoms with E-state index >= 15 is 0 Å². The fourth-order valence-corrected chi connectivity index (χ4v) is 4.25. The van der Waals surface area contributed by atoms with Crippen LogP contribution in [0.15, 0.2) is 10.3 Å². The molecule has 1 saturated carbocycles. The average Bonchev–Trinajstić information content (AvgIpc) is 2.58. The molecule has 2 aliphatic rings. The lowest BCUT2D eigenvalue weighted by Crippen LogP contribution is -2.06. The molecule has 0 bridgehead atoms. The molecule has 0 aromatic heterocycles. The van der Waals surface area contributed by atoms with Gasteiger partial charge in [-0.15, -0.1) is 23.5 Å². The summed E-state index contributed by atoms with van der Waals surface area (Å²) in [4.78, 5) is 1.69. The molecule has 0 nitrogen and oxygen atoms in total. The molecular formula is C9H14S2. The van der Waals surface area contributed by atoms with Gasteiger partial charge < -0.3 is 0 Å². The zero-order chi connectivity index (χ0) is 7.52. The third-order valence-corrected chi connectivity index (χ3v) is 4.87. The molecule has 1 fully saturated rings. The molecule has 0 unspecified atom stereocenters. The first kappa shape index (κ1) is 8.06. The van der Waals surface area contributed by atoms with E-state index in [1.807, 2.05) is 11.8 Å². The largest absolute Gasteiger partial charge is 0.122 e. The molecule has 62 valence electrons. The maximum atomic E-state index is 2.39. The summed E-state index contributed by atoms with van der Waals surface area (Å²) in [5, 5.41) is 3.66. The highest BCUT2D eigenvalue weighted by molar-refractivity contribution is 8.22. The van der Waals surface area contributed by atoms with Gasteiger partial charge in [-0.2, -0.15) is 0 Å². The summed E-state index contributed by atoms with van der Waals surface area (Å²) < 4.78 is 0. The molecule has 0 amide bonds. The third kappa shape index (κ3) is 1.97. The Hall–Kier alpha value is 0.440. The van der Waals surface area contributed by atoms with Crippen molar-refractivity contribution in [3.05, 3.63) is 10.3 Å². The van der Waals surface area contributed by atoms with Crippen LogP contribution < -0.4 is 0 Å². The minimum Gasteiger partial charge on any atom is -0.122 e. The van der Waals surface area contributed by atoms with E-state index in [1.54, 1.807) is 4.91 Å². The van der Waals surface area contributed by atoms with E-state index in [2.05, 4.69) is 17.2 Å². The van der Waals surface area contributed by atoms with Crippen LogP contribution in [0.3, 0.4) is 0 Å². The number of hydrogen-bond acceptors (Lipinski definition) is 2. The Bertz CT molecular complexity index is 157. The zero-order valence-electron chi connectivity index (χ0n) is 6.71. The maximum Gasteiger partial charge on any atom is 0.0478 e. The quantitative estimate of drug-likeness (QED) is 0.610. The number of thioether (sulfide) groups is 2. The summed E-state index contributed by atoms with van der Waals surface area (Å²) in [7, 11) is 0. The molecule has 0 aromatic carbocycles. The van der Waals surface area contributed by atoms with Gasteiger partial charge in [0.05, 0.1) is 0 Å². The van der Waals surface area contributed by atoms with Crippen molar-refractivity contribution in [3.63, 3.8) is 0 Å². The van der Waals surface area contributed by atoms with E-state index < -0.39 is 0 Å². The molecule has 2 rings (SSSR count). The Morgan fingerprint density at radius 3 is 2.64 bits per heavy atom. The summed E-state index contributed by atoms with van der Waals surface area (Å²) in [6, 6.07) is 0. The first-order valence-electron chi connectivity index (χ1n) is 4.41. The second-order valence-electron chi connectivity index (χ2n) is 3.28. The fourth-order valence-electron chi connectivity index (χ4n) is 1.85. The Morgan fingerprint density at radius 1 is 1.18 bits per heavy atom. The molecule has 0 aromatic rings. The minimum absolute atomic E-state index is 0.948. The predicted octanol–water partition coefficient (Wildman–Crippen LogP) is 3.85. The van der Waals surface area contributed by atoms with Gasteiger partial charge in [0.15, 0.2) is 0 Å². The van der Waals surface area contributed by atoms with Gasteiger partial charge in [0.25, 0.3) is 0 Å². The van der Waals surface area contributed by atoms with Gasteiger partial charge in [-0.1, -0.05) is 19.3 Å². The molecule has 0 saturated heterocycles. The van der Waals surface area contributed by atoms with Gasteiger partial charge in [-0.05, 0) is 29.1 Å². The predicted molar refractivity (Wildman–Crippen MR) is 54.7 cm³/mol. The highest BCUT2D eigenvalue weighted by Gasteiger charge is 2.20. The summed E-state index contributed by atoms with van der Waals surface area (Å²) in [6.07, 6.45) is 7.32. The molecule has 0 spiro atoms. The Labute approximate surface area is 77.2 Å². The lowest BCUT2D eigenvalue weighted by Gasteiger charge is -2.21. The van der Waals surface area contributed by atoms with Gasteiger partial charge in [-0.25, -0.2) is 0 Å². The van der Waals surface area contributed by atoms with Crippen LogP contribution in [-0.2, 0) is 0 Å². The topological polar surface area (TPSA) is 0 Å². The SMILES string of the molecule is C1=C(C2CCCCC2)SCS1. The number of hydrogen-bond donors (Lipinski definition) is 0. The van der Waals surface area contributed by atoms with E-state index in [9.17, 15) is 0 Å². The smallest absolute Gasteiger partial charge is 0.0478 e. The normalized spacial score (nSPS) is 27.1. The molecule has 0 N–H and O–H groups in total. The standard InChI is InChI=1S/C9H14S2/c1-2-4-8(5-3-1)9-6-10-7-11-9/h6,8H,1-5,7H2. The highest BCUT2D eigenvalue weighted by atomic mass is 32.2. The van der Waals surface area contributed by atoms with Crippen molar-refractivity contribution in [3.8, 4) is 0 Å². The van der Waals surface area contributed by atoms with Crippen LogP contribution in [0.25, 0.3) is 0 Å². The van der Waals surface area contributed by atoms with Gasteiger partial charge in [0, 0.05) is 5.08 Å². The monoisotopic (exact) mass is 186 g/mol. The fraction of sp³-hybridized carbons (Fsp3) is 0.778.